The number of hydrogen-bond donors (Lipinski definition) is 1. The van der Waals surface area contributed by atoms with Gasteiger partial charge in [0.15, 0.2) is 0 Å². The summed E-state index contributed by atoms with van der Waals surface area (Å²) in [4.78, 5) is 12.6. The van der Waals surface area contributed by atoms with Crippen molar-refractivity contribution in [3.8, 4) is 0 Å². The average Bonchev–Trinajstić information content (AvgIpc) is 2.80. The van der Waals surface area contributed by atoms with Crippen LogP contribution in [0.4, 0.5) is 11.4 Å². The zero-order chi connectivity index (χ0) is 15.0. The van der Waals surface area contributed by atoms with Crippen LogP contribution in [-0.2, 0) is 0 Å². The molecule has 1 heterocycles. The maximum Gasteiger partial charge on any atom is 0.269 e. The standard InChI is InChI=1S/C16H16N2O3/c1-17-14-8-7-12(18(20)21)9-13(14)16(15(17)10-19)11-5-3-2-4-6-11/h2-9,15-16,19H,10H2,1H3. The summed E-state index contributed by atoms with van der Waals surface area (Å²) in [5.74, 6) is -0.0592. The zero-order valence-corrected chi connectivity index (χ0v) is 11.6. The van der Waals surface area contributed by atoms with Crippen LogP contribution < -0.4 is 4.90 Å². The molecule has 0 bridgehead atoms. The third-order valence-corrected chi connectivity index (χ3v) is 4.16. The third-order valence-electron chi connectivity index (χ3n) is 4.16. The van der Waals surface area contributed by atoms with Crippen LogP contribution >= 0.6 is 0 Å². The lowest BCUT2D eigenvalue weighted by atomic mass is 9.88. The van der Waals surface area contributed by atoms with Crippen LogP contribution in [0.25, 0.3) is 0 Å². The number of hydrogen-bond acceptors (Lipinski definition) is 4. The monoisotopic (exact) mass is 284 g/mol. The van der Waals surface area contributed by atoms with Crippen molar-refractivity contribution in [1.82, 2.24) is 0 Å². The Bertz CT molecular complexity index is 672. The van der Waals surface area contributed by atoms with E-state index >= 15 is 0 Å². The van der Waals surface area contributed by atoms with E-state index in [2.05, 4.69) is 0 Å². The van der Waals surface area contributed by atoms with Gasteiger partial charge >= 0.3 is 0 Å². The van der Waals surface area contributed by atoms with Crippen molar-refractivity contribution in [3.05, 3.63) is 69.8 Å². The highest BCUT2D eigenvalue weighted by Gasteiger charge is 2.37. The number of nitro groups is 1. The number of anilines is 1. The van der Waals surface area contributed by atoms with Crippen LogP contribution in [0.5, 0.6) is 0 Å². The van der Waals surface area contributed by atoms with Crippen LogP contribution in [-0.4, -0.2) is 29.7 Å². The van der Waals surface area contributed by atoms with Crippen LogP contribution in [0.3, 0.4) is 0 Å². The van der Waals surface area contributed by atoms with Crippen molar-refractivity contribution in [2.75, 3.05) is 18.6 Å². The number of nitro benzene ring substituents is 1. The molecule has 0 fully saturated rings. The minimum atomic E-state index is -0.380. The van der Waals surface area contributed by atoms with Crippen LogP contribution in [0.15, 0.2) is 48.5 Å². The Kier molecular flexibility index (Phi) is 3.35. The van der Waals surface area contributed by atoms with E-state index in [1.807, 2.05) is 42.3 Å². The second-order valence-corrected chi connectivity index (χ2v) is 5.25. The third kappa shape index (κ3) is 2.15. The first-order valence-electron chi connectivity index (χ1n) is 6.80. The summed E-state index contributed by atoms with van der Waals surface area (Å²) >= 11 is 0. The number of benzene rings is 2. The zero-order valence-electron chi connectivity index (χ0n) is 11.6. The summed E-state index contributed by atoms with van der Waals surface area (Å²) in [5, 5.41) is 20.8. The van der Waals surface area contributed by atoms with E-state index in [1.54, 1.807) is 12.1 Å². The van der Waals surface area contributed by atoms with Gasteiger partial charge in [0.25, 0.3) is 5.69 Å². The van der Waals surface area contributed by atoms with E-state index in [1.165, 1.54) is 6.07 Å². The van der Waals surface area contributed by atoms with Gasteiger partial charge in [0.2, 0.25) is 0 Å². The Morgan fingerprint density at radius 3 is 2.57 bits per heavy atom. The molecule has 0 amide bonds. The molecule has 0 saturated heterocycles. The molecule has 2 aromatic rings. The summed E-state index contributed by atoms with van der Waals surface area (Å²) in [6.45, 7) is -0.00145. The van der Waals surface area contributed by atoms with Gasteiger partial charge < -0.3 is 10.0 Å². The van der Waals surface area contributed by atoms with E-state index in [4.69, 9.17) is 0 Å². The molecule has 0 radical (unpaired) electrons. The molecule has 1 aliphatic heterocycles. The lowest BCUT2D eigenvalue weighted by Crippen LogP contribution is -2.34. The quantitative estimate of drug-likeness (QED) is 0.694. The highest BCUT2D eigenvalue weighted by atomic mass is 16.6. The molecule has 2 unspecified atom stereocenters. The summed E-state index contributed by atoms with van der Waals surface area (Å²) in [6, 6.07) is 14.6. The van der Waals surface area contributed by atoms with Crippen molar-refractivity contribution in [2.24, 2.45) is 0 Å². The fourth-order valence-electron chi connectivity index (χ4n) is 3.13. The second-order valence-electron chi connectivity index (χ2n) is 5.25. The smallest absolute Gasteiger partial charge is 0.269 e. The lowest BCUT2D eigenvalue weighted by molar-refractivity contribution is -0.384. The predicted octanol–water partition coefficient (Wildman–Crippen LogP) is 2.54. The van der Waals surface area contributed by atoms with Crippen LogP contribution in [0.1, 0.15) is 17.0 Å². The van der Waals surface area contributed by atoms with Gasteiger partial charge in [-0.1, -0.05) is 30.3 Å². The Hall–Kier alpha value is -2.40. The Balaban J connectivity index is 2.16. The van der Waals surface area contributed by atoms with E-state index in [9.17, 15) is 15.2 Å². The Labute approximate surface area is 122 Å². The predicted molar refractivity (Wildman–Crippen MR) is 80.7 cm³/mol. The minimum Gasteiger partial charge on any atom is -0.394 e. The maximum atomic E-state index is 11.0. The Morgan fingerprint density at radius 1 is 1.24 bits per heavy atom. The molecule has 0 aromatic heterocycles. The normalized spacial score (nSPS) is 20.4. The number of rotatable bonds is 3. The minimum absolute atomic E-state index is 0.00145. The molecule has 0 saturated carbocycles. The van der Waals surface area contributed by atoms with Gasteiger partial charge in [0.05, 0.1) is 17.6 Å². The highest BCUT2D eigenvalue weighted by molar-refractivity contribution is 5.67. The SMILES string of the molecule is CN1c2ccc([N+](=O)[O-])cc2C(c2ccccc2)C1CO. The number of fused-ring (bicyclic) bond motifs is 1. The van der Waals surface area contributed by atoms with Crippen molar-refractivity contribution in [2.45, 2.75) is 12.0 Å². The van der Waals surface area contributed by atoms with Gasteiger partial charge in [-0.2, -0.15) is 0 Å². The highest BCUT2D eigenvalue weighted by Crippen LogP contribution is 2.44. The first-order valence-corrected chi connectivity index (χ1v) is 6.80. The van der Waals surface area contributed by atoms with Gasteiger partial charge in [-0.15, -0.1) is 0 Å². The molecule has 5 nitrogen and oxygen atoms in total. The lowest BCUT2D eigenvalue weighted by Gasteiger charge is -2.25. The molecule has 1 aliphatic rings. The van der Waals surface area contributed by atoms with Crippen LogP contribution in [0.2, 0.25) is 0 Å². The molecule has 21 heavy (non-hydrogen) atoms. The number of aliphatic hydroxyl groups excluding tert-OH is 1. The van der Waals surface area contributed by atoms with Gasteiger partial charge in [0, 0.05) is 30.8 Å². The van der Waals surface area contributed by atoms with Gasteiger partial charge in [0.1, 0.15) is 0 Å². The van der Waals surface area contributed by atoms with Gasteiger partial charge in [-0.3, -0.25) is 10.1 Å². The number of nitrogens with zero attached hydrogens (tertiary/aromatic N) is 2. The topological polar surface area (TPSA) is 66.6 Å². The van der Waals surface area contributed by atoms with Crippen molar-refractivity contribution < 1.29 is 10.0 Å². The number of likely N-dealkylation sites (N-methyl/N-ethyl adjacent to an activating group) is 1. The first kappa shape index (κ1) is 13.6. The summed E-state index contributed by atoms with van der Waals surface area (Å²) in [6.07, 6.45) is 0. The molecular formula is C16H16N2O3. The summed E-state index contributed by atoms with van der Waals surface area (Å²) in [7, 11) is 1.91. The van der Waals surface area contributed by atoms with Crippen LogP contribution in [0, 0.1) is 10.1 Å². The van der Waals surface area contributed by atoms with Crippen molar-refractivity contribution in [1.29, 1.82) is 0 Å². The molecule has 108 valence electrons. The maximum absolute atomic E-state index is 11.0. The summed E-state index contributed by atoms with van der Waals surface area (Å²) < 4.78 is 0. The largest absolute Gasteiger partial charge is 0.394 e. The molecule has 0 aliphatic carbocycles. The van der Waals surface area contributed by atoms with E-state index in [0.717, 1.165) is 16.8 Å². The molecule has 2 aromatic carbocycles. The molecular weight excluding hydrogens is 268 g/mol. The fourth-order valence-corrected chi connectivity index (χ4v) is 3.13. The molecule has 1 N–H and O–H groups in total. The van der Waals surface area contributed by atoms with Crippen molar-refractivity contribution >= 4 is 11.4 Å². The first-order chi connectivity index (χ1) is 10.1. The molecule has 3 rings (SSSR count). The van der Waals surface area contributed by atoms with Crippen molar-refractivity contribution in [3.63, 3.8) is 0 Å². The molecule has 2 atom stereocenters. The van der Waals surface area contributed by atoms with Gasteiger partial charge in [-0.25, -0.2) is 0 Å². The van der Waals surface area contributed by atoms with E-state index < -0.39 is 0 Å². The molecule has 5 heteroatoms. The second kappa shape index (κ2) is 5.18. The average molecular weight is 284 g/mol. The van der Waals surface area contributed by atoms with E-state index in [-0.39, 0.29) is 29.2 Å². The Morgan fingerprint density at radius 2 is 1.95 bits per heavy atom. The number of non-ortho nitro benzene ring substituents is 1. The van der Waals surface area contributed by atoms with Gasteiger partial charge in [-0.05, 0) is 17.2 Å². The molecule has 0 spiro atoms. The fraction of sp³-hybridized carbons (Fsp3) is 0.250. The number of aliphatic hydroxyl groups is 1. The van der Waals surface area contributed by atoms with E-state index in [0.29, 0.717) is 0 Å². The summed E-state index contributed by atoms with van der Waals surface area (Å²) in [5.41, 5.74) is 2.98.